The first-order valence-corrected chi connectivity index (χ1v) is 8.95. The van der Waals surface area contributed by atoms with Gasteiger partial charge in [-0.2, -0.15) is 0 Å². The maximum Gasteiger partial charge on any atom is 0.228 e. The number of nitrogens with one attached hydrogen (secondary N) is 1. The molecule has 1 aromatic rings. The summed E-state index contributed by atoms with van der Waals surface area (Å²) in [5, 5.41) is 3.51. The fourth-order valence-electron chi connectivity index (χ4n) is 3.23. The highest BCUT2D eigenvalue weighted by Gasteiger charge is 2.49. The zero-order chi connectivity index (χ0) is 17.3. The van der Waals surface area contributed by atoms with Crippen molar-refractivity contribution in [2.24, 2.45) is 11.8 Å². The Labute approximate surface area is 147 Å². The number of carbonyl (C=O) groups excluding carboxylic acids is 2. The van der Waals surface area contributed by atoms with Gasteiger partial charge in [0, 0.05) is 36.9 Å². The van der Waals surface area contributed by atoms with Crippen LogP contribution in [0.4, 0.5) is 5.69 Å². The lowest BCUT2D eigenvalue weighted by molar-refractivity contribution is -0.135. The van der Waals surface area contributed by atoms with Crippen LogP contribution in [0.15, 0.2) is 18.2 Å². The lowest BCUT2D eigenvalue weighted by atomic mass is 10.2. The zero-order valence-electron chi connectivity index (χ0n) is 14.2. The molecule has 0 spiro atoms. The molecule has 130 valence electrons. The average Bonchev–Trinajstić information content (AvgIpc) is 3.38. The van der Waals surface area contributed by atoms with E-state index in [0.29, 0.717) is 11.4 Å². The Hall–Kier alpha value is -1.59. The van der Waals surface area contributed by atoms with Gasteiger partial charge in [-0.15, -0.1) is 0 Å². The summed E-state index contributed by atoms with van der Waals surface area (Å²) in [6, 6.07) is 5.42. The smallest absolute Gasteiger partial charge is 0.228 e. The third-order valence-electron chi connectivity index (χ3n) is 5.03. The molecular formula is C18H24ClN3O2. The molecule has 24 heavy (non-hydrogen) atoms. The van der Waals surface area contributed by atoms with E-state index in [1.807, 2.05) is 17.9 Å². The Bertz CT molecular complexity index is 641. The molecule has 2 fully saturated rings. The third-order valence-corrected chi connectivity index (χ3v) is 5.27. The number of amides is 2. The minimum absolute atomic E-state index is 0.0779. The average molecular weight is 350 g/mol. The predicted molar refractivity (Wildman–Crippen MR) is 95.1 cm³/mol. The first-order chi connectivity index (χ1) is 11.5. The van der Waals surface area contributed by atoms with E-state index in [1.165, 1.54) is 0 Å². The number of aryl methyl sites for hydroxylation is 1. The first kappa shape index (κ1) is 17.2. The second-order valence-electron chi connectivity index (χ2n) is 6.66. The molecule has 2 amide bonds. The molecule has 1 N–H and O–H groups in total. The molecule has 0 bridgehead atoms. The Kier molecular flexibility index (Phi) is 5.11. The normalized spacial score (nSPS) is 23.9. The van der Waals surface area contributed by atoms with Gasteiger partial charge in [0.15, 0.2) is 0 Å². The van der Waals surface area contributed by atoms with Crippen LogP contribution in [-0.4, -0.2) is 54.3 Å². The number of hydrogen-bond acceptors (Lipinski definition) is 3. The number of anilines is 1. The summed E-state index contributed by atoms with van der Waals surface area (Å²) in [5.74, 6) is -0.308. The highest BCUT2D eigenvalue weighted by Crippen LogP contribution is 2.41. The van der Waals surface area contributed by atoms with Crippen molar-refractivity contribution in [3.8, 4) is 0 Å². The number of carbonyl (C=O) groups is 2. The van der Waals surface area contributed by atoms with Crippen LogP contribution in [0.25, 0.3) is 0 Å². The number of nitrogens with zero attached hydrogens (tertiary/aromatic N) is 2. The molecule has 2 unspecified atom stereocenters. The summed E-state index contributed by atoms with van der Waals surface area (Å²) < 4.78 is 0. The van der Waals surface area contributed by atoms with E-state index < -0.39 is 0 Å². The molecule has 1 aromatic carbocycles. The van der Waals surface area contributed by atoms with Gasteiger partial charge in [0.1, 0.15) is 0 Å². The molecule has 3 rings (SSSR count). The van der Waals surface area contributed by atoms with Crippen LogP contribution in [0, 0.1) is 18.8 Å². The van der Waals surface area contributed by atoms with Gasteiger partial charge in [-0.1, -0.05) is 24.6 Å². The van der Waals surface area contributed by atoms with Crippen molar-refractivity contribution >= 4 is 29.1 Å². The lowest BCUT2D eigenvalue weighted by Crippen LogP contribution is -2.49. The van der Waals surface area contributed by atoms with Gasteiger partial charge in [-0.05, 0) is 37.6 Å². The van der Waals surface area contributed by atoms with Crippen LogP contribution < -0.4 is 5.32 Å². The van der Waals surface area contributed by atoms with Crippen molar-refractivity contribution < 1.29 is 9.59 Å². The zero-order valence-corrected chi connectivity index (χ0v) is 15.0. The topological polar surface area (TPSA) is 52.7 Å². The fraction of sp³-hybridized carbons (Fsp3) is 0.556. The number of rotatable bonds is 4. The van der Waals surface area contributed by atoms with Gasteiger partial charge in [-0.3, -0.25) is 9.59 Å². The van der Waals surface area contributed by atoms with Crippen LogP contribution >= 0.6 is 11.6 Å². The summed E-state index contributed by atoms with van der Waals surface area (Å²) >= 11 is 5.98. The molecule has 1 saturated carbocycles. The molecule has 1 heterocycles. The standard InChI is InChI=1S/C18H24ClN3O2/c1-3-21-6-8-22(9-7-21)18(24)15-11-14(15)17(23)20-16-10-13(19)5-4-12(16)2/h4-5,10,14-15H,3,6-9,11H2,1-2H3,(H,20,23). The van der Waals surface area contributed by atoms with E-state index in [4.69, 9.17) is 11.6 Å². The van der Waals surface area contributed by atoms with Gasteiger partial charge in [0.05, 0.1) is 11.8 Å². The Morgan fingerprint density at radius 2 is 1.92 bits per heavy atom. The molecule has 2 atom stereocenters. The minimum Gasteiger partial charge on any atom is -0.340 e. The molecule has 0 aromatic heterocycles. The summed E-state index contributed by atoms with van der Waals surface area (Å²) in [4.78, 5) is 29.2. The maximum atomic E-state index is 12.6. The molecule has 5 nitrogen and oxygen atoms in total. The quantitative estimate of drug-likeness (QED) is 0.908. The van der Waals surface area contributed by atoms with Gasteiger partial charge >= 0.3 is 0 Å². The molecular weight excluding hydrogens is 326 g/mol. The first-order valence-electron chi connectivity index (χ1n) is 8.57. The van der Waals surface area contributed by atoms with Gasteiger partial charge < -0.3 is 15.1 Å². The Balaban J connectivity index is 1.54. The maximum absolute atomic E-state index is 12.6. The second-order valence-corrected chi connectivity index (χ2v) is 7.09. The monoisotopic (exact) mass is 349 g/mol. The van der Waals surface area contributed by atoms with Crippen LogP contribution in [0.2, 0.25) is 5.02 Å². The molecule has 1 saturated heterocycles. The van der Waals surface area contributed by atoms with Crippen LogP contribution in [-0.2, 0) is 9.59 Å². The summed E-state index contributed by atoms with van der Waals surface area (Å²) in [5.41, 5.74) is 1.69. The van der Waals surface area contributed by atoms with E-state index in [1.54, 1.807) is 12.1 Å². The van der Waals surface area contributed by atoms with Crippen molar-refractivity contribution in [1.82, 2.24) is 9.80 Å². The SMILES string of the molecule is CCN1CCN(C(=O)C2CC2C(=O)Nc2cc(Cl)ccc2C)CC1. The highest BCUT2D eigenvalue weighted by molar-refractivity contribution is 6.31. The largest absolute Gasteiger partial charge is 0.340 e. The third kappa shape index (κ3) is 3.73. The van der Waals surface area contributed by atoms with Crippen molar-refractivity contribution in [3.05, 3.63) is 28.8 Å². The molecule has 1 aliphatic heterocycles. The van der Waals surface area contributed by atoms with Crippen molar-refractivity contribution in [1.29, 1.82) is 0 Å². The van der Waals surface area contributed by atoms with Crippen LogP contribution in [0.5, 0.6) is 0 Å². The minimum atomic E-state index is -0.208. The number of hydrogen-bond donors (Lipinski definition) is 1. The van der Waals surface area contributed by atoms with Crippen LogP contribution in [0.3, 0.4) is 0 Å². The highest BCUT2D eigenvalue weighted by atomic mass is 35.5. The molecule has 2 aliphatic rings. The summed E-state index contributed by atoms with van der Waals surface area (Å²) in [7, 11) is 0. The summed E-state index contributed by atoms with van der Waals surface area (Å²) in [6.07, 6.45) is 0.651. The number of halogens is 1. The molecule has 1 aliphatic carbocycles. The van der Waals surface area contributed by atoms with Crippen molar-refractivity contribution in [2.75, 3.05) is 38.0 Å². The predicted octanol–water partition coefficient (Wildman–Crippen LogP) is 2.39. The van der Waals surface area contributed by atoms with Gasteiger partial charge in [-0.25, -0.2) is 0 Å². The van der Waals surface area contributed by atoms with Crippen molar-refractivity contribution in [3.63, 3.8) is 0 Å². The van der Waals surface area contributed by atoms with E-state index in [0.717, 1.165) is 44.0 Å². The lowest BCUT2D eigenvalue weighted by Gasteiger charge is -2.34. The second kappa shape index (κ2) is 7.11. The number of benzene rings is 1. The van der Waals surface area contributed by atoms with E-state index >= 15 is 0 Å². The van der Waals surface area contributed by atoms with Gasteiger partial charge in [0.25, 0.3) is 0 Å². The van der Waals surface area contributed by atoms with Gasteiger partial charge in [0.2, 0.25) is 11.8 Å². The Morgan fingerprint density at radius 3 is 2.58 bits per heavy atom. The van der Waals surface area contributed by atoms with Crippen molar-refractivity contribution in [2.45, 2.75) is 20.3 Å². The Morgan fingerprint density at radius 1 is 1.21 bits per heavy atom. The fourth-order valence-corrected chi connectivity index (χ4v) is 3.40. The summed E-state index contributed by atoms with van der Waals surface area (Å²) in [6.45, 7) is 8.47. The van der Waals surface area contributed by atoms with E-state index in [9.17, 15) is 9.59 Å². The van der Waals surface area contributed by atoms with E-state index in [-0.39, 0.29) is 23.7 Å². The van der Waals surface area contributed by atoms with E-state index in [2.05, 4.69) is 17.1 Å². The number of piperazine rings is 1. The number of likely N-dealkylation sites (N-methyl/N-ethyl adjacent to an activating group) is 1. The molecule has 0 radical (unpaired) electrons. The molecule has 6 heteroatoms. The van der Waals surface area contributed by atoms with Crippen LogP contribution in [0.1, 0.15) is 18.9 Å².